The minimum absolute atomic E-state index is 0.298. The SMILES string of the molecule is CN1CCC(c2ncc3cc(O)ccn23)CC1. The highest BCUT2D eigenvalue weighted by Gasteiger charge is 2.21. The molecule has 3 heterocycles. The lowest BCUT2D eigenvalue weighted by molar-refractivity contribution is 0.251. The maximum atomic E-state index is 9.44. The summed E-state index contributed by atoms with van der Waals surface area (Å²) in [5.74, 6) is 1.97. The van der Waals surface area contributed by atoms with Gasteiger partial charge in [0.15, 0.2) is 0 Å². The van der Waals surface area contributed by atoms with Crippen molar-refractivity contribution in [2.75, 3.05) is 20.1 Å². The van der Waals surface area contributed by atoms with Crippen molar-refractivity contribution in [3.63, 3.8) is 0 Å². The van der Waals surface area contributed by atoms with Crippen LogP contribution in [0.3, 0.4) is 0 Å². The van der Waals surface area contributed by atoms with Gasteiger partial charge in [-0.25, -0.2) is 4.98 Å². The summed E-state index contributed by atoms with van der Waals surface area (Å²) in [6.07, 6.45) is 6.08. The van der Waals surface area contributed by atoms with Crippen LogP contribution >= 0.6 is 0 Å². The first-order chi connectivity index (χ1) is 8.24. The average molecular weight is 231 g/mol. The number of pyridine rings is 1. The predicted molar refractivity (Wildman–Crippen MR) is 66.3 cm³/mol. The van der Waals surface area contributed by atoms with E-state index in [0.29, 0.717) is 11.7 Å². The van der Waals surface area contributed by atoms with Gasteiger partial charge in [-0.05, 0) is 39.0 Å². The summed E-state index contributed by atoms with van der Waals surface area (Å²) in [4.78, 5) is 6.88. The number of nitrogens with zero attached hydrogens (tertiary/aromatic N) is 3. The Morgan fingerprint density at radius 2 is 2.12 bits per heavy atom. The van der Waals surface area contributed by atoms with E-state index in [1.165, 1.54) is 0 Å². The van der Waals surface area contributed by atoms with E-state index in [-0.39, 0.29) is 0 Å². The number of fused-ring (bicyclic) bond motifs is 1. The van der Waals surface area contributed by atoms with Crippen LogP contribution in [0.15, 0.2) is 24.5 Å². The molecule has 1 N–H and O–H groups in total. The number of aromatic nitrogens is 2. The van der Waals surface area contributed by atoms with Crippen LogP contribution in [0.1, 0.15) is 24.6 Å². The van der Waals surface area contributed by atoms with Crippen LogP contribution in [0, 0.1) is 0 Å². The molecule has 0 spiro atoms. The summed E-state index contributed by atoms with van der Waals surface area (Å²) in [7, 11) is 2.16. The fourth-order valence-corrected chi connectivity index (χ4v) is 2.58. The van der Waals surface area contributed by atoms with E-state index in [2.05, 4.69) is 21.3 Å². The largest absolute Gasteiger partial charge is 0.508 e. The van der Waals surface area contributed by atoms with Crippen LogP contribution in [0.2, 0.25) is 0 Å². The summed E-state index contributed by atoms with van der Waals surface area (Å²) in [5, 5.41) is 9.44. The van der Waals surface area contributed by atoms with Gasteiger partial charge in [0.25, 0.3) is 0 Å². The average Bonchev–Trinajstić information content (AvgIpc) is 2.73. The van der Waals surface area contributed by atoms with Crippen molar-refractivity contribution in [1.29, 1.82) is 0 Å². The normalized spacial score (nSPS) is 18.9. The quantitative estimate of drug-likeness (QED) is 0.814. The standard InChI is InChI=1S/C13H17N3O/c1-15-5-2-10(3-6-15)13-14-9-11-8-12(17)4-7-16(11)13/h4,7-10,17H,2-3,5-6H2,1H3. The predicted octanol–water partition coefficient (Wildman–Crippen LogP) is 1.85. The zero-order chi connectivity index (χ0) is 11.8. The minimum atomic E-state index is 0.298. The summed E-state index contributed by atoms with van der Waals surface area (Å²) in [6.45, 7) is 2.27. The lowest BCUT2D eigenvalue weighted by Crippen LogP contribution is -2.29. The first-order valence-corrected chi connectivity index (χ1v) is 6.08. The van der Waals surface area contributed by atoms with Crippen molar-refractivity contribution in [2.24, 2.45) is 0 Å². The molecule has 3 rings (SSSR count). The van der Waals surface area contributed by atoms with Gasteiger partial charge in [0, 0.05) is 18.2 Å². The lowest BCUT2D eigenvalue weighted by Gasteiger charge is -2.28. The van der Waals surface area contributed by atoms with E-state index in [1.807, 2.05) is 12.4 Å². The fraction of sp³-hybridized carbons (Fsp3) is 0.462. The molecule has 1 saturated heterocycles. The van der Waals surface area contributed by atoms with Gasteiger partial charge >= 0.3 is 0 Å². The van der Waals surface area contributed by atoms with Gasteiger partial charge in [0.05, 0.1) is 11.7 Å². The Balaban J connectivity index is 1.95. The monoisotopic (exact) mass is 231 g/mol. The Morgan fingerprint density at radius 3 is 2.88 bits per heavy atom. The highest BCUT2D eigenvalue weighted by atomic mass is 16.3. The van der Waals surface area contributed by atoms with Crippen LogP contribution in [0.5, 0.6) is 5.75 Å². The van der Waals surface area contributed by atoms with E-state index in [1.54, 1.807) is 12.1 Å². The van der Waals surface area contributed by atoms with E-state index in [4.69, 9.17) is 0 Å². The highest BCUT2D eigenvalue weighted by Crippen LogP contribution is 2.27. The molecule has 1 fully saturated rings. The maximum Gasteiger partial charge on any atom is 0.119 e. The van der Waals surface area contributed by atoms with E-state index in [9.17, 15) is 5.11 Å². The Bertz CT molecular complexity index is 526. The van der Waals surface area contributed by atoms with Crippen LogP contribution in [0.4, 0.5) is 0 Å². The van der Waals surface area contributed by atoms with Gasteiger partial charge in [-0.1, -0.05) is 0 Å². The second-order valence-corrected chi connectivity index (χ2v) is 4.87. The van der Waals surface area contributed by atoms with E-state index in [0.717, 1.165) is 37.3 Å². The highest BCUT2D eigenvalue weighted by molar-refractivity contribution is 5.50. The van der Waals surface area contributed by atoms with Gasteiger partial charge in [-0.15, -0.1) is 0 Å². The summed E-state index contributed by atoms with van der Waals surface area (Å²) in [5.41, 5.74) is 0.971. The molecule has 0 amide bonds. The molecule has 1 aliphatic rings. The van der Waals surface area contributed by atoms with Gasteiger partial charge in [-0.3, -0.25) is 0 Å². The van der Waals surface area contributed by atoms with E-state index >= 15 is 0 Å². The molecule has 2 aromatic rings. The first-order valence-electron chi connectivity index (χ1n) is 6.08. The maximum absolute atomic E-state index is 9.44. The fourth-order valence-electron chi connectivity index (χ4n) is 2.58. The molecule has 1 aliphatic heterocycles. The van der Waals surface area contributed by atoms with Crippen molar-refractivity contribution in [3.8, 4) is 5.75 Å². The Morgan fingerprint density at radius 1 is 1.35 bits per heavy atom. The number of piperidine rings is 1. The van der Waals surface area contributed by atoms with Gasteiger partial charge < -0.3 is 14.4 Å². The smallest absolute Gasteiger partial charge is 0.119 e. The van der Waals surface area contributed by atoms with Crippen molar-refractivity contribution in [1.82, 2.24) is 14.3 Å². The molecule has 0 unspecified atom stereocenters. The summed E-state index contributed by atoms with van der Waals surface area (Å²) in [6, 6.07) is 3.47. The molecule has 0 aliphatic carbocycles. The molecule has 2 aromatic heterocycles. The second-order valence-electron chi connectivity index (χ2n) is 4.87. The topological polar surface area (TPSA) is 40.8 Å². The van der Waals surface area contributed by atoms with Crippen LogP contribution < -0.4 is 0 Å². The Kier molecular flexibility index (Phi) is 2.52. The number of rotatable bonds is 1. The minimum Gasteiger partial charge on any atom is -0.508 e. The third-order valence-electron chi connectivity index (χ3n) is 3.63. The number of likely N-dealkylation sites (tertiary alicyclic amines) is 1. The third kappa shape index (κ3) is 1.89. The number of imidazole rings is 1. The zero-order valence-electron chi connectivity index (χ0n) is 10.0. The molecule has 4 heteroatoms. The van der Waals surface area contributed by atoms with Crippen LogP contribution in [-0.4, -0.2) is 39.5 Å². The zero-order valence-corrected chi connectivity index (χ0v) is 10.0. The molecular formula is C13H17N3O. The number of hydrogen-bond donors (Lipinski definition) is 1. The second kappa shape index (κ2) is 4.04. The molecule has 0 bridgehead atoms. The molecule has 4 nitrogen and oxygen atoms in total. The molecular weight excluding hydrogens is 214 g/mol. The molecule has 90 valence electrons. The Labute approximate surface area is 101 Å². The van der Waals surface area contributed by atoms with Crippen molar-refractivity contribution in [2.45, 2.75) is 18.8 Å². The van der Waals surface area contributed by atoms with Crippen LogP contribution in [-0.2, 0) is 0 Å². The molecule has 17 heavy (non-hydrogen) atoms. The lowest BCUT2D eigenvalue weighted by atomic mass is 9.96. The summed E-state index contributed by atoms with van der Waals surface area (Å²) >= 11 is 0. The summed E-state index contributed by atoms with van der Waals surface area (Å²) < 4.78 is 2.09. The molecule has 0 atom stereocenters. The van der Waals surface area contributed by atoms with Gasteiger partial charge in [0.1, 0.15) is 11.6 Å². The van der Waals surface area contributed by atoms with Crippen LogP contribution in [0.25, 0.3) is 5.52 Å². The van der Waals surface area contributed by atoms with E-state index < -0.39 is 0 Å². The first kappa shape index (κ1) is 10.6. The third-order valence-corrected chi connectivity index (χ3v) is 3.63. The molecule has 0 aromatic carbocycles. The number of aromatic hydroxyl groups is 1. The van der Waals surface area contributed by atoms with Crippen molar-refractivity contribution < 1.29 is 5.11 Å². The molecule has 0 saturated carbocycles. The Hall–Kier alpha value is -1.55. The molecule has 0 radical (unpaired) electrons. The van der Waals surface area contributed by atoms with Crippen molar-refractivity contribution in [3.05, 3.63) is 30.4 Å². The van der Waals surface area contributed by atoms with Gasteiger partial charge in [0.2, 0.25) is 0 Å². The van der Waals surface area contributed by atoms with Gasteiger partial charge in [-0.2, -0.15) is 0 Å². The number of hydrogen-bond acceptors (Lipinski definition) is 3. The van der Waals surface area contributed by atoms with Crippen molar-refractivity contribution >= 4 is 5.52 Å².